The third-order valence-electron chi connectivity index (χ3n) is 0.993. The number of hydrogen-bond donors (Lipinski definition) is 2. The highest BCUT2D eigenvalue weighted by molar-refractivity contribution is 6.29. The molecule has 0 saturated heterocycles. The molecule has 0 aromatic heterocycles. The van der Waals surface area contributed by atoms with Crippen LogP contribution < -0.4 is 0 Å². The lowest BCUT2D eigenvalue weighted by atomic mass is 10.2. The third-order valence-corrected chi connectivity index (χ3v) is 1.64. The zero-order chi connectivity index (χ0) is 11.0. The van der Waals surface area contributed by atoms with Gasteiger partial charge in [-0.2, -0.15) is 0 Å². The predicted molar refractivity (Wildman–Crippen MR) is 50.5 cm³/mol. The second-order valence-corrected chi connectivity index (χ2v) is 3.31. The number of aliphatic carboxylic acids is 2. The molecule has 0 amide bonds. The zero-order valence-electron chi connectivity index (χ0n) is 7.33. The van der Waals surface area contributed by atoms with Crippen molar-refractivity contribution in [3.05, 3.63) is 0 Å². The van der Waals surface area contributed by atoms with E-state index in [0.29, 0.717) is 0 Å². The van der Waals surface area contributed by atoms with Crippen LogP contribution in [0.2, 0.25) is 0 Å². The fraction of sp³-hybridized carbons (Fsp3) is 0.714. The molecule has 0 fully saturated rings. The van der Waals surface area contributed by atoms with Crippen LogP contribution in [0, 0.1) is 5.92 Å². The fourth-order valence-electron chi connectivity index (χ4n) is 0.0660. The van der Waals surface area contributed by atoms with E-state index in [0.717, 1.165) is 0 Å². The Morgan fingerprint density at radius 1 is 1.23 bits per heavy atom. The van der Waals surface area contributed by atoms with Crippen molar-refractivity contribution in [1.82, 2.24) is 0 Å². The lowest BCUT2D eigenvalue weighted by Gasteiger charge is -1.94. The van der Waals surface area contributed by atoms with E-state index in [4.69, 9.17) is 33.4 Å². The summed E-state index contributed by atoms with van der Waals surface area (Å²) >= 11 is 10.2. The molecule has 0 saturated carbocycles. The molecule has 0 rings (SSSR count). The van der Waals surface area contributed by atoms with E-state index in [2.05, 4.69) is 0 Å². The Balaban J connectivity index is 0. The van der Waals surface area contributed by atoms with Crippen LogP contribution in [-0.4, -0.2) is 33.4 Å². The van der Waals surface area contributed by atoms with Gasteiger partial charge in [-0.05, 0) is 6.92 Å². The lowest BCUT2D eigenvalue weighted by Crippen LogP contribution is -2.09. The molecular weight excluding hydrogens is 219 g/mol. The van der Waals surface area contributed by atoms with Crippen molar-refractivity contribution in [3.8, 4) is 0 Å². The summed E-state index contributed by atoms with van der Waals surface area (Å²) in [5, 5.41) is 15.2. The van der Waals surface area contributed by atoms with Crippen LogP contribution in [0.1, 0.15) is 13.8 Å². The van der Waals surface area contributed by atoms with Gasteiger partial charge in [0.1, 0.15) is 5.38 Å². The molecule has 0 aliphatic rings. The second-order valence-electron chi connectivity index (χ2n) is 2.35. The van der Waals surface area contributed by atoms with Crippen LogP contribution in [-0.2, 0) is 9.59 Å². The Morgan fingerprint density at radius 2 is 1.54 bits per heavy atom. The van der Waals surface area contributed by atoms with E-state index in [-0.39, 0.29) is 5.88 Å². The standard InChI is InChI=1S/C4H7ClO2.C3H5ClO2/c1-3(2-5)4(6)7;1-2(4)3(5)6/h3H,2H2,1H3,(H,6,7);2H,1H3,(H,5,6). The van der Waals surface area contributed by atoms with Gasteiger partial charge in [-0.15, -0.1) is 23.2 Å². The molecule has 0 radical (unpaired) electrons. The van der Waals surface area contributed by atoms with E-state index < -0.39 is 23.2 Å². The van der Waals surface area contributed by atoms with Crippen LogP contribution in [0.3, 0.4) is 0 Å². The van der Waals surface area contributed by atoms with Gasteiger partial charge < -0.3 is 10.2 Å². The number of carboxylic acid groups (broad SMARTS) is 2. The quantitative estimate of drug-likeness (QED) is 0.724. The minimum Gasteiger partial charge on any atom is -0.481 e. The second kappa shape index (κ2) is 8.13. The van der Waals surface area contributed by atoms with E-state index in [1.807, 2.05) is 0 Å². The minimum absolute atomic E-state index is 0.190. The first-order chi connectivity index (χ1) is 5.82. The van der Waals surface area contributed by atoms with Crippen LogP contribution in [0.4, 0.5) is 0 Å². The third kappa shape index (κ3) is 11.5. The Kier molecular flexibility index (Phi) is 9.39. The first-order valence-electron chi connectivity index (χ1n) is 3.48. The number of carboxylic acids is 2. The van der Waals surface area contributed by atoms with Crippen molar-refractivity contribution in [2.45, 2.75) is 19.2 Å². The first-order valence-corrected chi connectivity index (χ1v) is 4.45. The average Bonchev–Trinajstić information content (AvgIpc) is 2.03. The van der Waals surface area contributed by atoms with Gasteiger partial charge in [0.05, 0.1) is 5.92 Å². The molecule has 0 aliphatic heterocycles. The van der Waals surface area contributed by atoms with Gasteiger partial charge in [0.25, 0.3) is 0 Å². The van der Waals surface area contributed by atoms with Crippen LogP contribution in [0.5, 0.6) is 0 Å². The number of hydrogen-bond acceptors (Lipinski definition) is 2. The molecule has 6 heteroatoms. The van der Waals surface area contributed by atoms with E-state index >= 15 is 0 Å². The molecule has 0 aromatic rings. The maximum atomic E-state index is 9.85. The van der Waals surface area contributed by atoms with Crippen molar-refractivity contribution in [2.24, 2.45) is 5.92 Å². The summed E-state index contributed by atoms with van der Waals surface area (Å²) < 4.78 is 0. The van der Waals surface area contributed by atoms with Crippen molar-refractivity contribution in [3.63, 3.8) is 0 Å². The molecule has 78 valence electrons. The van der Waals surface area contributed by atoms with Gasteiger partial charge in [-0.1, -0.05) is 6.92 Å². The molecule has 2 unspecified atom stereocenters. The van der Waals surface area contributed by atoms with E-state index in [1.54, 1.807) is 6.92 Å². The van der Waals surface area contributed by atoms with Gasteiger partial charge in [0.15, 0.2) is 0 Å². The molecule has 13 heavy (non-hydrogen) atoms. The fourth-order valence-corrected chi connectivity index (χ4v) is 0.198. The van der Waals surface area contributed by atoms with Crippen molar-refractivity contribution < 1.29 is 19.8 Å². The summed E-state index contributed by atoms with van der Waals surface area (Å²) in [7, 11) is 0. The molecule has 4 nitrogen and oxygen atoms in total. The van der Waals surface area contributed by atoms with E-state index in [9.17, 15) is 9.59 Å². The van der Waals surface area contributed by atoms with Crippen molar-refractivity contribution >= 4 is 35.1 Å². The number of halogens is 2. The highest BCUT2D eigenvalue weighted by Gasteiger charge is 2.06. The van der Waals surface area contributed by atoms with Gasteiger partial charge in [-0.25, -0.2) is 0 Å². The number of alkyl halides is 2. The Morgan fingerprint density at radius 3 is 1.54 bits per heavy atom. The summed E-state index contributed by atoms with van der Waals surface area (Å²) in [6, 6.07) is 0. The van der Waals surface area contributed by atoms with Crippen LogP contribution in [0.15, 0.2) is 0 Å². The minimum atomic E-state index is -0.975. The Bertz CT molecular complexity index is 170. The summed E-state index contributed by atoms with van der Waals surface area (Å²) in [5.41, 5.74) is 0. The first kappa shape index (κ1) is 15.0. The molecule has 0 aliphatic carbocycles. The highest BCUT2D eigenvalue weighted by Crippen LogP contribution is 1.95. The monoisotopic (exact) mass is 230 g/mol. The topological polar surface area (TPSA) is 74.6 Å². The summed E-state index contributed by atoms with van der Waals surface area (Å²) in [6.45, 7) is 2.97. The number of carbonyl (C=O) groups is 2. The molecule has 0 bridgehead atoms. The Labute approximate surface area is 86.5 Å². The molecule has 0 heterocycles. The van der Waals surface area contributed by atoms with E-state index in [1.165, 1.54) is 6.92 Å². The maximum Gasteiger partial charge on any atom is 0.321 e. The molecule has 2 N–H and O–H groups in total. The maximum absolute atomic E-state index is 9.85. The molecular formula is C7H12Cl2O4. The van der Waals surface area contributed by atoms with Crippen molar-refractivity contribution in [2.75, 3.05) is 5.88 Å². The highest BCUT2D eigenvalue weighted by atomic mass is 35.5. The summed E-state index contributed by atoms with van der Waals surface area (Å²) in [5.74, 6) is -2.04. The predicted octanol–water partition coefficient (Wildman–Crippen LogP) is 1.64. The SMILES string of the molecule is CC(CCl)C(=O)O.CC(Cl)C(=O)O. The molecule has 0 spiro atoms. The smallest absolute Gasteiger partial charge is 0.321 e. The molecule has 0 aromatic carbocycles. The van der Waals surface area contributed by atoms with Gasteiger partial charge >= 0.3 is 11.9 Å². The number of rotatable bonds is 3. The average molecular weight is 231 g/mol. The largest absolute Gasteiger partial charge is 0.481 e. The van der Waals surface area contributed by atoms with Crippen LogP contribution in [0.25, 0.3) is 0 Å². The van der Waals surface area contributed by atoms with Crippen molar-refractivity contribution in [1.29, 1.82) is 0 Å². The summed E-state index contributed by atoms with van der Waals surface area (Å²) in [6.07, 6.45) is 0. The Hall–Kier alpha value is -0.480. The summed E-state index contributed by atoms with van der Waals surface area (Å²) in [4.78, 5) is 19.4. The van der Waals surface area contributed by atoms with Crippen LogP contribution >= 0.6 is 23.2 Å². The van der Waals surface area contributed by atoms with Gasteiger partial charge in [0, 0.05) is 5.88 Å². The molecule has 2 atom stereocenters. The zero-order valence-corrected chi connectivity index (χ0v) is 8.84. The van der Waals surface area contributed by atoms with Gasteiger partial charge in [0.2, 0.25) is 0 Å². The normalized spacial score (nSPS) is 13.5. The lowest BCUT2D eigenvalue weighted by molar-refractivity contribution is -0.140. The van der Waals surface area contributed by atoms with Gasteiger partial charge in [-0.3, -0.25) is 9.59 Å².